The van der Waals surface area contributed by atoms with Gasteiger partial charge >= 0.3 is 0 Å². The van der Waals surface area contributed by atoms with Crippen molar-refractivity contribution in [3.8, 4) is 5.75 Å². The molecule has 2 heteroatoms. The molecule has 0 spiro atoms. The van der Waals surface area contributed by atoms with E-state index >= 15 is 0 Å². The number of hydrogen-bond acceptors (Lipinski definition) is 2. The number of methoxy groups -OCH3 is 1. The molecule has 2 nitrogen and oxygen atoms in total. The minimum absolute atomic E-state index is 0.261. The zero-order chi connectivity index (χ0) is 14.4. The average Bonchev–Trinajstić information content (AvgIpc) is 2.53. The molecule has 1 atom stereocenters. The molecule has 0 aliphatic carbocycles. The van der Waals surface area contributed by atoms with Gasteiger partial charge in [-0.3, -0.25) is 0 Å². The van der Waals surface area contributed by atoms with Crippen molar-refractivity contribution < 1.29 is 4.74 Å². The topological polar surface area (TPSA) is 21.3 Å². The van der Waals surface area contributed by atoms with Crippen LogP contribution in [0.5, 0.6) is 5.75 Å². The molecule has 0 saturated heterocycles. The van der Waals surface area contributed by atoms with Crippen LogP contribution in [-0.2, 0) is 13.0 Å². The van der Waals surface area contributed by atoms with Crippen LogP contribution in [0.2, 0.25) is 0 Å². The number of benzene rings is 2. The molecule has 1 N–H and O–H groups in total. The van der Waals surface area contributed by atoms with Gasteiger partial charge in [-0.25, -0.2) is 0 Å². The Balaban J connectivity index is 1.98. The lowest BCUT2D eigenvalue weighted by molar-refractivity contribution is 0.401. The summed E-state index contributed by atoms with van der Waals surface area (Å²) in [5.74, 6) is 0.939. The fraction of sp³-hybridized carbons (Fsp3) is 0.333. The van der Waals surface area contributed by atoms with Crippen LogP contribution in [0.25, 0.3) is 0 Å². The second-order valence-electron chi connectivity index (χ2n) is 5.01. The van der Waals surface area contributed by atoms with Crippen LogP contribution >= 0.6 is 0 Å². The van der Waals surface area contributed by atoms with Crippen LogP contribution in [-0.4, -0.2) is 7.11 Å². The van der Waals surface area contributed by atoms with Crippen LogP contribution in [0, 0.1) is 0 Å². The lowest BCUT2D eigenvalue weighted by atomic mass is 10.1. The number of aryl methyl sites for hydroxylation is 1. The Morgan fingerprint density at radius 3 is 2.30 bits per heavy atom. The lowest BCUT2D eigenvalue weighted by Crippen LogP contribution is -2.18. The van der Waals surface area contributed by atoms with Crippen molar-refractivity contribution in [3.63, 3.8) is 0 Å². The Morgan fingerprint density at radius 2 is 1.65 bits per heavy atom. The first-order valence-electron chi connectivity index (χ1n) is 7.18. The quantitative estimate of drug-likeness (QED) is 0.852. The second-order valence-corrected chi connectivity index (χ2v) is 5.01. The summed E-state index contributed by atoms with van der Waals surface area (Å²) in [7, 11) is 1.72. The largest absolute Gasteiger partial charge is 0.496 e. The Bertz CT molecular complexity index is 533. The van der Waals surface area contributed by atoms with Gasteiger partial charge in [0.2, 0.25) is 0 Å². The highest BCUT2D eigenvalue weighted by molar-refractivity contribution is 5.35. The molecule has 0 aromatic heterocycles. The zero-order valence-electron chi connectivity index (χ0n) is 12.5. The molecule has 0 aliphatic rings. The third-order valence-corrected chi connectivity index (χ3v) is 3.65. The zero-order valence-corrected chi connectivity index (χ0v) is 12.5. The van der Waals surface area contributed by atoms with E-state index in [9.17, 15) is 0 Å². The monoisotopic (exact) mass is 269 g/mol. The third kappa shape index (κ3) is 3.61. The van der Waals surface area contributed by atoms with Crippen LogP contribution in [0.3, 0.4) is 0 Å². The van der Waals surface area contributed by atoms with Gasteiger partial charge in [-0.2, -0.15) is 0 Å². The van der Waals surface area contributed by atoms with Crippen molar-refractivity contribution in [1.29, 1.82) is 0 Å². The van der Waals surface area contributed by atoms with Gasteiger partial charge in [0.25, 0.3) is 0 Å². The maximum absolute atomic E-state index is 5.41. The van der Waals surface area contributed by atoms with E-state index in [1.54, 1.807) is 7.11 Å². The van der Waals surface area contributed by atoms with Crippen molar-refractivity contribution in [1.82, 2.24) is 5.32 Å². The molecule has 20 heavy (non-hydrogen) atoms. The number of hydrogen-bond donors (Lipinski definition) is 1. The molecule has 106 valence electrons. The Labute approximate surface area is 121 Å². The Morgan fingerprint density at radius 1 is 1.00 bits per heavy atom. The van der Waals surface area contributed by atoms with Gasteiger partial charge in [-0.1, -0.05) is 49.4 Å². The number of ether oxygens (including phenoxy) is 1. The predicted molar refractivity (Wildman–Crippen MR) is 84.1 cm³/mol. The molecule has 0 bridgehead atoms. The van der Waals surface area contributed by atoms with Crippen LogP contribution < -0.4 is 10.1 Å². The Kier molecular flexibility index (Phi) is 5.19. The van der Waals surface area contributed by atoms with Crippen molar-refractivity contribution in [2.24, 2.45) is 0 Å². The highest BCUT2D eigenvalue weighted by Gasteiger charge is 2.09. The van der Waals surface area contributed by atoms with Crippen molar-refractivity contribution in [2.45, 2.75) is 32.9 Å². The summed E-state index contributed by atoms with van der Waals surface area (Å²) >= 11 is 0. The van der Waals surface area contributed by atoms with E-state index in [-0.39, 0.29) is 6.04 Å². The minimum Gasteiger partial charge on any atom is -0.496 e. The van der Waals surface area contributed by atoms with Gasteiger partial charge in [0, 0.05) is 18.2 Å². The first kappa shape index (κ1) is 14.6. The first-order valence-corrected chi connectivity index (χ1v) is 7.18. The smallest absolute Gasteiger partial charge is 0.123 e. The van der Waals surface area contributed by atoms with Crippen molar-refractivity contribution >= 4 is 0 Å². The summed E-state index contributed by atoms with van der Waals surface area (Å²) in [5.41, 5.74) is 3.88. The summed E-state index contributed by atoms with van der Waals surface area (Å²) in [5, 5.41) is 3.55. The molecule has 0 saturated carbocycles. The molecule has 0 amide bonds. The van der Waals surface area contributed by atoms with E-state index in [4.69, 9.17) is 4.74 Å². The molecule has 0 unspecified atom stereocenters. The Hall–Kier alpha value is -1.80. The van der Waals surface area contributed by atoms with Crippen molar-refractivity contribution in [3.05, 3.63) is 65.2 Å². The van der Waals surface area contributed by atoms with Crippen LogP contribution in [0.4, 0.5) is 0 Å². The number of para-hydroxylation sites is 1. The fourth-order valence-corrected chi connectivity index (χ4v) is 2.30. The molecular weight excluding hydrogens is 246 g/mol. The summed E-state index contributed by atoms with van der Waals surface area (Å²) < 4.78 is 5.41. The number of rotatable bonds is 6. The van der Waals surface area contributed by atoms with Crippen molar-refractivity contribution in [2.75, 3.05) is 7.11 Å². The second kappa shape index (κ2) is 7.11. The summed E-state index contributed by atoms with van der Waals surface area (Å²) in [6.07, 6.45) is 1.09. The molecule has 2 aromatic rings. The van der Waals surface area contributed by atoms with Gasteiger partial charge in [0.1, 0.15) is 5.75 Å². The minimum atomic E-state index is 0.261. The van der Waals surface area contributed by atoms with E-state index in [1.165, 1.54) is 16.7 Å². The molecule has 0 radical (unpaired) electrons. The highest BCUT2D eigenvalue weighted by Crippen LogP contribution is 2.24. The molecular formula is C18H23NO. The van der Waals surface area contributed by atoms with Gasteiger partial charge in [-0.05, 0) is 30.5 Å². The summed E-state index contributed by atoms with van der Waals surface area (Å²) in [4.78, 5) is 0. The standard InChI is InChI=1S/C18H23NO/c1-4-15-9-11-16(12-10-15)13-19-14(2)17-7-5-6-8-18(17)20-3/h5-12,14,19H,4,13H2,1-3H3/t14-/m0/s1. The van der Waals surface area contributed by atoms with E-state index in [0.29, 0.717) is 0 Å². The predicted octanol–water partition coefficient (Wildman–Crippen LogP) is 4.11. The number of nitrogens with one attached hydrogen (secondary N) is 1. The molecule has 0 heterocycles. The summed E-state index contributed by atoms with van der Waals surface area (Å²) in [6, 6.07) is 17.2. The van der Waals surface area contributed by atoms with E-state index in [1.807, 2.05) is 18.2 Å². The molecule has 2 rings (SSSR count). The normalized spacial score (nSPS) is 12.2. The van der Waals surface area contributed by atoms with Gasteiger partial charge in [0.05, 0.1) is 7.11 Å². The highest BCUT2D eigenvalue weighted by atomic mass is 16.5. The van der Waals surface area contributed by atoms with E-state index in [2.05, 4.69) is 49.5 Å². The summed E-state index contributed by atoms with van der Waals surface area (Å²) in [6.45, 7) is 5.21. The van der Waals surface area contributed by atoms with Gasteiger partial charge < -0.3 is 10.1 Å². The molecule has 2 aromatic carbocycles. The fourth-order valence-electron chi connectivity index (χ4n) is 2.30. The maximum atomic E-state index is 5.41. The SMILES string of the molecule is CCc1ccc(CN[C@@H](C)c2ccccc2OC)cc1. The van der Waals surface area contributed by atoms with Gasteiger partial charge in [-0.15, -0.1) is 0 Å². The van der Waals surface area contributed by atoms with Crippen LogP contribution in [0.15, 0.2) is 48.5 Å². The first-order chi connectivity index (χ1) is 9.74. The average molecular weight is 269 g/mol. The maximum Gasteiger partial charge on any atom is 0.123 e. The molecule has 0 aliphatic heterocycles. The third-order valence-electron chi connectivity index (χ3n) is 3.65. The lowest BCUT2D eigenvalue weighted by Gasteiger charge is -2.17. The van der Waals surface area contributed by atoms with E-state index in [0.717, 1.165) is 18.7 Å². The van der Waals surface area contributed by atoms with Gasteiger partial charge in [0.15, 0.2) is 0 Å². The molecule has 0 fully saturated rings. The van der Waals surface area contributed by atoms with E-state index < -0.39 is 0 Å². The van der Waals surface area contributed by atoms with Crippen LogP contribution in [0.1, 0.15) is 36.6 Å².